The number of anilines is 1. The van der Waals surface area contributed by atoms with Gasteiger partial charge in [0.2, 0.25) is 5.91 Å². The highest BCUT2D eigenvalue weighted by atomic mass is 16.5. The summed E-state index contributed by atoms with van der Waals surface area (Å²) in [5.74, 6) is -1.76. The van der Waals surface area contributed by atoms with Gasteiger partial charge in [0.25, 0.3) is 0 Å². The van der Waals surface area contributed by atoms with E-state index in [0.717, 1.165) is 13.0 Å². The number of ether oxygens (including phenoxy) is 1. The van der Waals surface area contributed by atoms with Crippen molar-refractivity contribution in [2.75, 3.05) is 32.1 Å². The molecule has 3 amide bonds. The van der Waals surface area contributed by atoms with Gasteiger partial charge in [-0.3, -0.25) is 9.69 Å². The molecular formula is C19H23N3O7. The number of carboxylic acid groups (broad SMARTS) is 2. The number of nitrogens with one attached hydrogen (secondary N) is 2. The van der Waals surface area contributed by atoms with E-state index in [4.69, 9.17) is 14.9 Å². The van der Waals surface area contributed by atoms with Crippen molar-refractivity contribution in [3.05, 3.63) is 36.4 Å². The molecule has 1 aromatic rings. The van der Waals surface area contributed by atoms with Crippen LogP contribution in [0.2, 0.25) is 0 Å². The van der Waals surface area contributed by atoms with Crippen LogP contribution < -0.4 is 15.4 Å². The van der Waals surface area contributed by atoms with Crippen LogP contribution in [0.1, 0.15) is 6.42 Å². The van der Waals surface area contributed by atoms with Crippen molar-refractivity contribution in [2.45, 2.75) is 6.42 Å². The first kappa shape index (κ1) is 21.9. The molecule has 10 nitrogen and oxygen atoms in total. The summed E-state index contributed by atoms with van der Waals surface area (Å²) in [5.41, 5.74) is 0.576. The Balaban J connectivity index is 0.000000321. The van der Waals surface area contributed by atoms with Gasteiger partial charge in [0.15, 0.2) is 0 Å². The van der Waals surface area contributed by atoms with Crippen LogP contribution >= 0.6 is 0 Å². The average molecular weight is 405 g/mol. The maximum Gasteiger partial charge on any atom is 0.328 e. The van der Waals surface area contributed by atoms with E-state index in [1.807, 2.05) is 12.1 Å². The summed E-state index contributed by atoms with van der Waals surface area (Å²) in [5, 5.41) is 21.6. The van der Waals surface area contributed by atoms with Crippen LogP contribution in [0.15, 0.2) is 36.4 Å². The number of aliphatic carboxylic acids is 2. The summed E-state index contributed by atoms with van der Waals surface area (Å²) in [6, 6.07) is 6.80. The molecule has 0 saturated carbocycles. The van der Waals surface area contributed by atoms with Crippen molar-refractivity contribution in [2.24, 2.45) is 11.8 Å². The summed E-state index contributed by atoms with van der Waals surface area (Å²) < 4.78 is 5.21. The lowest BCUT2D eigenvalue weighted by Gasteiger charge is -2.39. The summed E-state index contributed by atoms with van der Waals surface area (Å²) in [7, 11) is 1.55. The molecule has 2 bridgehead atoms. The lowest BCUT2D eigenvalue weighted by molar-refractivity contribution is -0.137. The highest BCUT2D eigenvalue weighted by molar-refractivity contribution is 6.03. The van der Waals surface area contributed by atoms with Crippen LogP contribution in [0.4, 0.5) is 10.5 Å². The van der Waals surface area contributed by atoms with E-state index < -0.39 is 11.9 Å². The fraction of sp³-hybridized carbons (Fsp3) is 0.368. The number of piperidine rings is 2. The Morgan fingerprint density at radius 2 is 1.83 bits per heavy atom. The number of para-hydroxylation sites is 2. The Kier molecular flexibility index (Phi) is 7.72. The van der Waals surface area contributed by atoms with Crippen molar-refractivity contribution < 1.29 is 34.1 Å². The Morgan fingerprint density at radius 1 is 1.17 bits per heavy atom. The number of hydrogen-bond donors (Lipinski definition) is 4. The first-order valence-electron chi connectivity index (χ1n) is 8.91. The van der Waals surface area contributed by atoms with Gasteiger partial charge < -0.3 is 25.6 Å². The molecule has 156 valence electrons. The molecular weight excluding hydrogens is 382 g/mol. The minimum absolute atomic E-state index is 0.0825. The lowest BCUT2D eigenvalue weighted by Crippen LogP contribution is -2.57. The lowest BCUT2D eigenvalue weighted by atomic mass is 9.85. The molecule has 10 heteroatoms. The van der Waals surface area contributed by atoms with E-state index in [1.54, 1.807) is 19.2 Å². The van der Waals surface area contributed by atoms with Gasteiger partial charge in [-0.15, -0.1) is 0 Å². The van der Waals surface area contributed by atoms with E-state index in [9.17, 15) is 19.2 Å². The van der Waals surface area contributed by atoms with Gasteiger partial charge in [0.05, 0.1) is 18.7 Å². The quantitative estimate of drug-likeness (QED) is 0.543. The van der Waals surface area contributed by atoms with E-state index in [-0.39, 0.29) is 17.9 Å². The third-order valence-electron chi connectivity index (χ3n) is 4.46. The van der Waals surface area contributed by atoms with E-state index in [2.05, 4.69) is 10.6 Å². The van der Waals surface area contributed by atoms with Crippen LogP contribution in [0, 0.1) is 11.8 Å². The van der Waals surface area contributed by atoms with Gasteiger partial charge >= 0.3 is 18.0 Å². The van der Waals surface area contributed by atoms with Gasteiger partial charge in [-0.05, 0) is 31.0 Å². The zero-order chi connectivity index (χ0) is 21.4. The molecule has 0 aliphatic carbocycles. The van der Waals surface area contributed by atoms with Crippen molar-refractivity contribution in [1.29, 1.82) is 0 Å². The van der Waals surface area contributed by atoms with Crippen molar-refractivity contribution in [3.63, 3.8) is 0 Å². The zero-order valence-electron chi connectivity index (χ0n) is 15.8. The molecule has 1 aromatic carbocycles. The number of nitrogens with zero attached hydrogens (tertiary/aromatic N) is 1. The molecule has 0 radical (unpaired) electrons. The number of fused-ring (bicyclic) bond motifs is 2. The number of amides is 3. The second-order valence-electron chi connectivity index (χ2n) is 6.55. The predicted molar refractivity (Wildman–Crippen MR) is 103 cm³/mol. The Hall–Kier alpha value is -3.40. The van der Waals surface area contributed by atoms with Gasteiger partial charge in [-0.1, -0.05) is 12.1 Å². The zero-order valence-corrected chi connectivity index (χ0v) is 15.8. The maximum atomic E-state index is 12.4. The molecule has 2 heterocycles. The van der Waals surface area contributed by atoms with Crippen molar-refractivity contribution in [3.8, 4) is 5.75 Å². The third kappa shape index (κ3) is 6.32. The molecule has 0 aromatic heterocycles. The smallest absolute Gasteiger partial charge is 0.328 e. The second-order valence-corrected chi connectivity index (χ2v) is 6.55. The summed E-state index contributed by atoms with van der Waals surface area (Å²) in [6.45, 7) is 2.00. The molecule has 3 rings (SSSR count). The number of carbonyl (C=O) groups is 4. The standard InChI is InChI=1S/C15H19N3O3.C4H4O4/c1-21-13-5-3-2-4-12(13)17-15(20)18-9-10-6-11(14(18)19)8-16-7-10;5-3(6)1-2-4(7)8/h2-5,10-11,16H,6-9H2,1H3,(H,17,20);1-2H,(H,5,6)(H,7,8)/b;2-1+. The second kappa shape index (κ2) is 10.2. The van der Waals surface area contributed by atoms with Crippen molar-refractivity contribution >= 4 is 29.6 Å². The molecule has 2 saturated heterocycles. The predicted octanol–water partition coefficient (Wildman–Crippen LogP) is 1.01. The number of carboxylic acids is 2. The molecule has 2 fully saturated rings. The van der Waals surface area contributed by atoms with Crippen LogP contribution in [0.5, 0.6) is 5.75 Å². The van der Waals surface area contributed by atoms with Gasteiger partial charge in [0, 0.05) is 25.2 Å². The number of benzene rings is 1. The minimum atomic E-state index is -1.26. The van der Waals surface area contributed by atoms with E-state index in [0.29, 0.717) is 42.6 Å². The third-order valence-corrected chi connectivity index (χ3v) is 4.46. The van der Waals surface area contributed by atoms with Gasteiger partial charge in [-0.2, -0.15) is 0 Å². The average Bonchev–Trinajstić information content (AvgIpc) is 2.70. The van der Waals surface area contributed by atoms with Crippen LogP contribution in [-0.2, 0) is 14.4 Å². The highest BCUT2D eigenvalue weighted by Gasteiger charge is 2.39. The molecule has 2 aliphatic heterocycles. The number of rotatable bonds is 4. The number of imide groups is 1. The van der Waals surface area contributed by atoms with E-state index >= 15 is 0 Å². The highest BCUT2D eigenvalue weighted by Crippen LogP contribution is 2.28. The number of likely N-dealkylation sites (tertiary alicyclic amines) is 1. The molecule has 0 spiro atoms. The Morgan fingerprint density at radius 3 is 2.45 bits per heavy atom. The molecule has 29 heavy (non-hydrogen) atoms. The summed E-state index contributed by atoms with van der Waals surface area (Å²) >= 11 is 0. The fourth-order valence-electron chi connectivity index (χ4n) is 3.18. The molecule has 2 unspecified atom stereocenters. The van der Waals surface area contributed by atoms with E-state index in [1.165, 1.54) is 4.90 Å². The summed E-state index contributed by atoms with van der Waals surface area (Å²) in [4.78, 5) is 45.2. The van der Waals surface area contributed by atoms with Crippen LogP contribution in [0.25, 0.3) is 0 Å². The van der Waals surface area contributed by atoms with Crippen LogP contribution in [-0.4, -0.2) is 65.7 Å². The first-order valence-corrected chi connectivity index (χ1v) is 8.91. The number of hydrogen-bond acceptors (Lipinski definition) is 6. The Labute approximate surface area is 167 Å². The molecule has 4 N–H and O–H groups in total. The monoisotopic (exact) mass is 405 g/mol. The van der Waals surface area contributed by atoms with Gasteiger partial charge in [-0.25, -0.2) is 14.4 Å². The Bertz CT molecular complexity index is 793. The SMILES string of the molecule is COc1ccccc1NC(=O)N1CC2CNCC(C2)C1=O.O=C(O)/C=C/C(=O)O. The normalized spacial score (nSPS) is 20.4. The van der Waals surface area contributed by atoms with Crippen molar-refractivity contribution in [1.82, 2.24) is 10.2 Å². The number of methoxy groups -OCH3 is 1. The largest absolute Gasteiger partial charge is 0.495 e. The topological polar surface area (TPSA) is 145 Å². The van der Waals surface area contributed by atoms with Crippen LogP contribution in [0.3, 0.4) is 0 Å². The number of carbonyl (C=O) groups excluding carboxylic acids is 2. The number of urea groups is 1. The minimum Gasteiger partial charge on any atom is -0.495 e. The summed E-state index contributed by atoms with van der Waals surface area (Å²) in [6.07, 6.45) is 1.99. The molecule has 2 aliphatic rings. The first-order chi connectivity index (χ1) is 13.8. The fourth-order valence-corrected chi connectivity index (χ4v) is 3.18. The maximum absolute atomic E-state index is 12.4. The van der Waals surface area contributed by atoms with Gasteiger partial charge in [0.1, 0.15) is 5.75 Å². The molecule has 2 atom stereocenters.